The van der Waals surface area contributed by atoms with Gasteiger partial charge in [-0.3, -0.25) is 4.58 Å². The minimum absolute atomic E-state index is 0.407. The lowest BCUT2D eigenvalue weighted by molar-refractivity contribution is -1.05. The fraction of sp³-hybridized carbons (Fsp3) is 0.500. The molecule has 0 aromatic heterocycles. The second kappa shape index (κ2) is 2.47. The largest absolute Gasteiger partial charge is 0.588 e. The van der Waals surface area contributed by atoms with Gasteiger partial charge in [-0.05, 0) is 0 Å². The molecule has 1 N–H and O–H groups in total. The minimum atomic E-state index is -0.407. The molecule has 36 valence electrons. The van der Waals surface area contributed by atoms with Gasteiger partial charge < -0.3 is 5.26 Å². The van der Waals surface area contributed by atoms with E-state index in [1.165, 1.54) is 6.92 Å². The molecule has 0 rings (SSSR count). The molecule has 0 saturated carbocycles. The summed E-state index contributed by atoms with van der Waals surface area (Å²) in [6.07, 6.45) is 0. The van der Waals surface area contributed by atoms with Crippen LogP contribution in [0.5, 0.6) is 0 Å². The van der Waals surface area contributed by atoms with Gasteiger partial charge in [-0.1, -0.05) is 5.26 Å². The van der Waals surface area contributed by atoms with Gasteiger partial charge >= 0.3 is 5.97 Å². The Morgan fingerprint density at radius 3 is 2.50 bits per heavy atom. The second-order valence-electron chi connectivity index (χ2n) is 0.666. The van der Waals surface area contributed by atoms with Crippen LogP contribution in [0.15, 0.2) is 0 Å². The Morgan fingerprint density at radius 1 is 2.00 bits per heavy atom. The lowest BCUT2D eigenvalue weighted by atomic mass is 10.8. The van der Waals surface area contributed by atoms with Crippen molar-refractivity contribution in [2.75, 3.05) is 0 Å². The van der Waals surface area contributed by atoms with Gasteiger partial charge in [0.25, 0.3) is 0 Å². The van der Waals surface area contributed by atoms with Crippen molar-refractivity contribution in [2.45, 2.75) is 6.92 Å². The molecular weight excluding hydrogens is 88.0 g/mol. The maximum Gasteiger partial charge on any atom is 0.538 e. The number of hydrogen-bond acceptors (Lipinski definition) is 3. The first-order chi connectivity index (χ1) is 2.81. The summed E-state index contributed by atoms with van der Waals surface area (Å²) in [5, 5.41) is 16.5. The fourth-order valence-corrected chi connectivity index (χ4v) is 0.0152. The van der Waals surface area contributed by atoms with Crippen molar-refractivity contribution in [3.05, 3.63) is 0 Å². The summed E-state index contributed by atoms with van der Waals surface area (Å²) in [5.74, 6) is -0.407. The normalized spacial score (nSPS) is 11.3. The van der Waals surface area contributed by atoms with E-state index in [1.54, 1.807) is 0 Å². The van der Waals surface area contributed by atoms with Crippen molar-refractivity contribution in [2.24, 2.45) is 0 Å². The van der Waals surface area contributed by atoms with Crippen LogP contribution in [0.4, 0.5) is 0 Å². The van der Waals surface area contributed by atoms with Crippen LogP contribution in [0.25, 0.3) is 0 Å². The maximum atomic E-state index is 9.04. The topological polar surface area (TPSA) is 63.8 Å². The van der Waals surface area contributed by atoms with Gasteiger partial charge in [-0.15, -0.1) is 4.89 Å². The molecule has 0 spiro atoms. The highest BCUT2D eigenvalue weighted by Crippen LogP contribution is 1.62. The van der Waals surface area contributed by atoms with E-state index >= 15 is 0 Å². The second-order valence-corrected chi connectivity index (χ2v) is 0.666. The number of hydrogen-bond donors (Lipinski definition) is 1. The van der Waals surface area contributed by atoms with Gasteiger partial charge in [0.2, 0.25) is 0 Å². The summed E-state index contributed by atoms with van der Waals surface area (Å²) in [6, 6.07) is 0. The van der Waals surface area contributed by atoms with E-state index in [4.69, 9.17) is 10.5 Å². The molecule has 0 amide bonds. The molecule has 0 heterocycles. The van der Waals surface area contributed by atoms with E-state index < -0.39 is 5.97 Å². The summed E-state index contributed by atoms with van der Waals surface area (Å²) < 4.78 is 3.09. The summed E-state index contributed by atoms with van der Waals surface area (Å²) in [5.41, 5.74) is 0. The third kappa shape index (κ3) is 1.54. The highest BCUT2D eigenvalue weighted by Gasteiger charge is 1.97. The molecule has 0 saturated heterocycles. The minimum Gasteiger partial charge on any atom is -0.588 e. The summed E-state index contributed by atoms with van der Waals surface area (Å²) in [6.45, 7) is 1.19. The van der Waals surface area contributed by atoms with Gasteiger partial charge in [0, 0.05) is 0 Å². The molecule has 4 nitrogen and oxygen atoms in total. The fourth-order valence-electron chi connectivity index (χ4n) is 0.0152. The van der Waals surface area contributed by atoms with Gasteiger partial charge in [-0.2, -0.15) is 0 Å². The Morgan fingerprint density at radius 2 is 2.50 bits per heavy atom. The highest BCUT2D eigenvalue weighted by molar-refractivity contribution is 5.65. The van der Waals surface area contributed by atoms with Gasteiger partial charge in [0.1, 0.15) is 0 Å². The van der Waals surface area contributed by atoms with E-state index in [0.29, 0.717) is 0 Å². The standard InChI is InChI=1S/C2H4O4/c1-2(5-3)6-4/h3H,1H3. The Kier molecular flexibility index (Phi) is 2.15. The number of rotatable bonds is 0. The Bertz CT molecular complexity index is 56.6. The molecule has 0 aliphatic carbocycles. The highest BCUT2D eigenvalue weighted by atomic mass is 17.2. The lowest BCUT2D eigenvalue weighted by Crippen LogP contribution is -2.07. The van der Waals surface area contributed by atoms with Gasteiger partial charge in [0.15, 0.2) is 0 Å². The lowest BCUT2D eigenvalue weighted by Gasteiger charge is -1.76. The Hall–Kier alpha value is -0.770. The zero-order chi connectivity index (χ0) is 4.99. The molecule has 0 atom stereocenters. The first kappa shape index (κ1) is 5.23. The zero-order valence-electron chi connectivity index (χ0n) is 3.17. The van der Waals surface area contributed by atoms with Crippen LogP contribution in [0.2, 0.25) is 0 Å². The van der Waals surface area contributed by atoms with Crippen LogP contribution in [0, 0.1) is 0 Å². The molecule has 0 bridgehead atoms. The molecule has 0 aliphatic rings. The smallest absolute Gasteiger partial charge is 0.538 e. The zero-order valence-corrected chi connectivity index (χ0v) is 3.17. The van der Waals surface area contributed by atoms with E-state index in [1.807, 2.05) is 0 Å². The molecule has 4 heteroatoms. The van der Waals surface area contributed by atoms with Gasteiger partial charge in [0.05, 0.1) is 6.92 Å². The average Bonchev–Trinajstić information content (AvgIpc) is 1.65. The van der Waals surface area contributed by atoms with Crippen LogP contribution in [0.1, 0.15) is 6.92 Å². The number of carbonyl (C=O) groups excluding carboxylic acids is 1. The molecular formula is C2H4O4. The first-order valence-corrected chi connectivity index (χ1v) is 1.26. The summed E-state index contributed by atoms with van der Waals surface area (Å²) in [7, 11) is 0. The predicted molar refractivity (Wildman–Crippen MR) is 14.4 cm³/mol. The maximum absolute atomic E-state index is 9.04. The van der Waals surface area contributed by atoms with Crippen molar-refractivity contribution in [3.8, 4) is 0 Å². The third-order valence-electron chi connectivity index (χ3n) is 0.246. The van der Waals surface area contributed by atoms with Crippen LogP contribution in [-0.2, 0) is 9.46 Å². The van der Waals surface area contributed by atoms with Crippen molar-refractivity contribution in [1.82, 2.24) is 0 Å². The first-order valence-electron chi connectivity index (χ1n) is 1.26. The van der Waals surface area contributed by atoms with Gasteiger partial charge in [-0.25, -0.2) is 0 Å². The van der Waals surface area contributed by atoms with Crippen molar-refractivity contribution in [1.29, 1.82) is 0 Å². The van der Waals surface area contributed by atoms with Crippen molar-refractivity contribution in [3.63, 3.8) is 0 Å². The Labute approximate surface area is 34.1 Å². The molecule has 0 unspecified atom stereocenters. The summed E-state index contributed by atoms with van der Waals surface area (Å²) in [4.78, 5) is 3.28. The molecule has 0 aliphatic heterocycles. The molecule has 6 heavy (non-hydrogen) atoms. The molecule has 0 fully saturated rings. The van der Waals surface area contributed by atoms with Crippen LogP contribution >= 0.6 is 0 Å². The van der Waals surface area contributed by atoms with Crippen LogP contribution in [-0.4, -0.2) is 11.2 Å². The predicted octanol–water partition coefficient (Wildman–Crippen LogP) is -1.17. The van der Waals surface area contributed by atoms with Crippen molar-refractivity contribution < 1.29 is 20.0 Å². The molecule has 0 aromatic rings. The van der Waals surface area contributed by atoms with E-state index in [2.05, 4.69) is 9.46 Å². The molecule has 0 aromatic carbocycles. The third-order valence-corrected chi connectivity index (χ3v) is 0.246. The van der Waals surface area contributed by atoms with E-state index in [9.17, 15) is 0 Å². The summed E-state index contributed by atoms with van der Waals surface area (Å²) >= 11 is 0. The Balaban J connectivity index is 3.22. The average molecular weight is 92.0 g/mol. The van der Waals surface area contributed by atoms with Crippen molar-refractivity contribution >= 4 is 5.97 Å². The van der Waals surface area contributed by atoms with Crippen LogP contribution < -0.4 is 5.26 Å². The van der Waals surface area contributed by atoms with E-state index in [-0.39, 0.29) is 0 Å². The molecule has 0 radical (unpaired) electrons. The quantitative estimate of drug-likeness (QED) is 0.233. The van der Waals surface area contributed by atoms with Crippen LogP contribution in [0.3, 0.4) is 0 Å². The SMILES string of the molecule is CC(OO)=[O+][O-]. The van der Waals surface area contributed by atoms with E-state index in [0.717, 1.165) is 0 Å². The monoisotopic (exact) mass is 92.0 g/mol.